The maximum absolute atomic E-state index is 7.78. The highest BCUT2D eigenvalue weighted by molar-refractivity contribution is 5.94. The van der Waals surface area contributed by atoms with Gasteiger partial charge in [0.2, 0.25) is 11.7 Å². The Bertz CT molecular complexity index is 991. The van der Waals surface area contributed by atoms with E-state index in [2.05, 4.69) is 47.1 Å². The smallest absolute Gasteiger partial charge is 0.249 e. The van der Waals surface area contributed by atoms with Gasteiger partial charge in [0.05, 0.1) is 0 Å². The van der Waals surface area contributed by atoms with Crippen molar-refractivity contribution in [1.29, 1.82) is 5.41 Å². The van der Waals surface area contributed by atoms with Gasteiger partial charge in [-0.3, -0.25) is 5.41 Å². The molecule has 30 heavy (non-hydrogen) atoms. The fraction of sp³-hybridized carbons (Fsp3) is 0.522. The summed E-state index contributed by atoms with van der Waals surface area (Å²) < 4.78 is 7.93. The average molecular weight is 409 g/mol. The SMILES string of the molecule is CCCCCCCCn1cc(-c2noc([C@@H]3CCCN3C(=N)N)n2)c2ccccc21. The van der Waals surface area contributed by atoms with Gasteiger partial charge < -0.3 is 19.7 Å². The molecule has 0 aliphatic carbocycles. The largest absolute Gasteiger partial charge is 0.370 e. The molecule has 1 atom stereocenters. The molecular weight excluding hydrogens is 376 g/mol. The summed E-state index contributed by atoms with van der Waals surface area (Å²) in [5, 5.41) is 13.2. The van der Waals surface area contributed by atoms with Crippen LogP contribution in [-0.4, -0.2) is 32.1 Å². The highest BCUT2D eigenvalue weighted by Crippen LogP contribution is 2.34. The van der Waals surface area contributed by atoms with Gasteiger partial charge in [0.15, 0.2) is 5.96 Å². The fourth-order valence-corrected chi connectivity index (χ4v) is 4.46. The van der Waals surface area contributed by atoms with Crippen LogP contribution in [0.1, 0.15) is 70.2 Å². The molecular formula is C23H32N6O. The second-order valence-corrected chi connectivity index (χ2v) is 8.21. The number of para-hydroxylation sites is 1. The first-order chi connectivity index (χ1) is 14.7. The molecule has 1 aliphatic rings. The molecule has 2 aromatic heterocycles. The summed E-state index contributed by atoms with van der Waals surface area (Å²) in [6, 6.07) is 8.31. The summed E-state index contributed by atoms with van der Waals surface area (Å²) in [6.45, 7) is 4.01. The lowest BCUT2D eigenvalue weighted by molar-refractivity contribution is 0.283. The third-order valence-electron chi connectivity index (χ3n) is 6.07. The third-order valence-corrected chi connectivity index (χ3v) is 6.07. The predicted molar refractivity (Wildman–Crippen MR) is 119 cm³/mol. The molecule has 3 aromatic rings. The Balaban J connectivity index is 1.53. The maximum Gasteiger partial charge on any atom is 0.249 e. The van der Waals surface area contributed by atoms with E-state index < -0.39 is 0 Å². The molecule has 0 spiro atoms. The monoisotopic (exact) mass is 408 g/mol. The first kappa shape index (κ1) is 20.4. The molecule has 1 fully saturated rings. The van der Waals surface area contributed by atoms with Crippen molar-refractivity contribution >= 4 is 16.9 Å². The highest BCUT2D eigenvalue weighted by Gasteiger charge is 2.32. The van der Waals surface area contributed by atoms with Crippen molar-refractivity contribution in [1.82, 2.24) is 19.6 Å². The summed E-state index contributed by atoms with van der Waals surface area (Å²) >= 11 is 0. The van der Waals surface area contributed by atoms with Crippen molar-refractivity contribution in [3.05, 3.63) is 36.4 Å². The molecule has 0 unspecified atom stereocenters. The number of benzene rings is 1. The maximum atomic E-state index is 7.78. The fourth-order valence-electron chi connectivity index (χ4n) is 4.46. The molecule has 3 heterocycles. The molecule has 4 rings (SSSR count). The molecule has 7 nitrogen and oxygen atoms in total. The summed E-state index contributed by atoms with van der Waals surface area (Å²) in [7, 11) is 0. The predicted octanol–water partition coefficient (Wildman–Crippen LogP) is 5.08. The number of hydrogen-bond acceptors (Lipinski definition) is 4. The van der Waals surface area contributed by atoms with Crippen LogP contribution in [0.25, 0.3) is 22.3 Å². The van der Waals surface area contributed by atoms with E-state index in [9.17, 15) is 0 Å². The van der Waals surface area contributed by atoms with Crippen molar-refractivity contribution in [2.75, 3.05) is 6.54 Å². The molecule has 1 saturated heterocycles. The van der Waals surface area contributed by atoms with E-state index in [-0.39, 0.29) is 12.0 Å². The molecule has 1 aliphatic heterocycles. The summed E-state index contributed by atoms with van der Waals surface area (Å²) in [6.07, 6.45) is 11.7. The van der Waals surface area contributed by atoms with Crippen molar-refractivity contribution in [3.63, 3.8) is 0 Å². The lowest BCUT2D eigenvalue weighted by Gasteiger charge is -2.21. The number of aryl methyl sites for hydroxylation is 1. The second-order valence-electron chi connectivity index (χ2n) is 8.21. The zero-order valence-electron chi connectivity index (χ0n) is 17.8. The minimum atomic E-state index is -0.0970. The number of nitrogens with zero attached hydrogens (tertiary/aromatic N) is 4. The molecule has 0 amide bonds. The number of rotatable bonds is 9. The number of guanidine groups is 1. The van der Waals surface area contributed by atoms with Crippen LogP contribution in [0.15, 0.2) is 35.0 Å². The Morgan fingerprint density at radius 1 is 1.20 bits per heavy atom. The molecule has 3 N–H and O–H groups in total. The average Bonchev–Trinajstić information content (AvgIpc) is 3.48. The van der Waals surface area contributed by atoms with Gasteiger partial charge in [-0.1, -0.05) is 62.4 Å². The minimum absolute atomic E-state index is 0.0628. The number of likely N-dealkylation sites (tertiary alicyclic amines) is 1. The normalized spacial score (nSPS) is 16.6. The van der Waals surface area contributed by atoms with E-state index in [1.807, 2.05) is 4.90 Å². The van der Waals surface area contributed by atoms with Crippen LogP contribution < -0.4 is 5.73 Å². The van der Waals surface area contributed by atoms with Crippen molar-refractivity contribution in [3.8, 4) is 11.4 Å². The van der Waals surface area contributed by atoms with E-state index in [0.717, 1.165) is 36.9 Å². The van der Waals surface area contributed by atoms with E-state index >= 15 is 0 Å². The summed E-state index contributed by atoms with van der Waals surface area (Å²) in [4.78, 5) is 6.54. The minimum Gasteiger partial charge on any atom is -0.370 e. The van der Waals surface area contributed by atoms with Crippen LogP contribution in [-0.2, 0) is 6.54 Å². The van der Waals surface area contributed by atoms with Crippen molar-refractivity contribution < 1.29 is 4.52 Å². The van der Waals surface area contributed by atoms with Gasteiger partial charge in [-0.05, 0) is 25.3 Å². The lowest BCUT2D eigenvalue weighted by Crippen LogP contribution is -2.35. The second kappa shape index (κ2) is 9.32. The van der Waals surface area contributed by atoms with Crippen LogP contribution >= 0.6 is 0 Å². The molecule has 7 heteroatoms. The Hall–Kier alpha value is -2.83. The molecule has 0 bridgehead atoms. The number of fused-ring (bicyclic) bond motifs is 1. The van der Waals surface area contributed by atoms with Crippen LogP contribution in [0, 0.1) is 5.41 Å². The Morgan fingerprint density at radius 3 is 2.83 bits per heavy atom. The van der Waals surface area contributed by atoms with E-state index in [4.69, 9.17) is 20.7 Å². The van der Waals surface area contributed by atoms with Gasteiger partial charge in [0, 0.05) is 35.8 Å². The van der Waals surface area contributed by atoms with Gasteiger partial charge in [0.1, 0.15) is 6.04 Å². The molecule has 1 aromatic carbocycles. The third kappa shape index (κ3) is 4.20. The van der Waals surface area contributed by atoms with Gasteiger partial charge in [0.25, 0.3) is 0 Å². The molecule has 160 valence electrons. The number of hydrogen-bond donors (Lipinski definition) is 2. The Labute approximate surface area is 177 Å². The van der Waals surface area contributed by atoms with E-state index in [0.29, 0.717) is 11.7 Å². The standard InChI is InChI=1S/C23H32N6O/c1-2-3-4-5-6-9-14-28-16-18(17-11-7-8-12-19(17)28)21-26-22(30-27-21)20-13-10-15-29(20)23(24)25/h7-8,11-12,16,20H,2-6,9-10,13-15H2,1H3,(H3,24,25)/t20-/m0/s1. The van der Waals surface area contributed by atoms with E-state index in [1.54, 1.807) is 0 Å². The van der Waals surface area contributed by atoms with Crippen LogP contribution in [0.3, 0.4) is 0 Å². The molecule has 0 radical (unpaired) electrons. The summed E-state index contributed by atoms with van der Waals surface area (Å²) in [5.74, 6) is 1.22. The number of aromatic nitrogens is 3. The summed E-state index contributed by atoms with van der Waals surface area (Å²) in [5.41, 5.74) is 7.93. The van der Waals surface area contributed by atoms with Gasteiger partial charge >= 0.3 is 0 Å². The first-order valence-electron chi connectivity index (χ1n) is 11.2. The van der Waals surface area contributed by atoms with Gasteiger partial charge in [-0.25, -0.2) is 0 Å². The zero-order chi connectivity index (χ0) is 20.9. The Kier molecular flexibility index (Phi) is 6.35. The number of nitrogens with two attached hydrogens (primary N) is 1. The molecule has 0 saturated carbocycles. The van der Waals surface area contributed by atoms with Crippen molar-refractivity contribution in [2.24, 2.45) is 5.73 Å². The van der Waals surface area contributed by atoms with Crippen LogP contribution in [0.4, 0.5) is 0 Å². The Morgan fingerprint density at radius 2 is 2.00 bits per heavy atom. The topological polar surface area (TPSA) is 97.0 Å². The zero-order valence-corrected chi connectivity index (χ0v) is 17.8. The number of nitrogens with one attached hydrogen (secondary N) is 1. The quantitative estimate of drug-likeness (QED) is 0.292. The van der Waals surface area contributed by atoms with Gasteiger partial charge in [-0.2, -0.15) is 4.98 Å². The highest BCUT2D eigenvalue weighted by atomic mass is 16.5. The van der Waals surface area contributed by atoms with Crippen molar-refractivity contribution in [2.45, 2.75) is 70.9 Å². The van der Waals surface area contributed by atoms with Gasteiger partial charge in [-0.15, -0.1) is 0 Å². The van der Waals surface area contributed by atoms with Crippen LogP contribution in [0.5, 0.6) is 0 Å². The number of unbranched alkanes of at least 4 members (excludes halogenated alkanes) is 5. The lowest BCUT2D eigenvalue weighted by atomic mass is 10.1. The van der Waals surface area contributed by atoms with Crippen LogP contribution in [0.2, 0.25) is 0 Å². The van der Waals surface area contributed by atoms with E-state index in [1.165, 1.54) is 44.0 Å². The first-order valence-corrected chi connectivity index (χ1v) is 11.2.